The number of Topliss-reactive ketones (excluding diaryl/α,β-unsaturated/α-hetero) is 1. The van der Waals surface area contributed by atoms with Crippen LogP contribution in [0.1, 0.15) is 65.2 Å². The standard InChI is InChI=1S/C19H30O3/c1-18-7-5-12-13(15(18)6-8-19(18,2)22)4-3-11-9-16(20)17(21)10-14(11)12/h11-15,17,21-22H,3-10H2,1-2H3/t11-,12?,13?,14?,15?,17?,18?,19-/m0/s1. The number of carbonyl (C=O) groups is 1. The van der Waals surface area contributed by atoms with Gasteiger partial charge in [-0.2, -0.15) is 0 Å². The summed E-state index contributed by atoms with van der Waals surface area (Å²) in [6, 6.07) is 0. The monoisotopic (exact) mass is 306 g/mol. The molecule has 0 aromatic rings. The molecule has 124 valence electrons. The number of ketones is 1. The Morgan fingerprint density at radius 2 is 1.77 bits per heavy atom. The maximum atomic E-state index is 11.8. The van der Waals surface area contributed by atoms with Crippen LogP contribution in [0.5, 0.6) is 0 Å². The van der Waals surface area contributed by atoms with Crippen LogP contribution in [0.3, 0.4) is 0 Å². The van der Waals surface area contributed by atoms with E-state index in [9.17, 15) is 15.0 Å². The molecule has 0 spiro atoms. The lowest BCUT2D eigenvalue weighted by Gasteiger charge is -2.56. The topological polar surface area (TPSA) is 57.5 Å². The van der Waals surface area contributed by atoms with Crippen molar-refractivity contribution in [3.05, 3.63) is 0 Å². The average Bonchev–Trinajstić information content (AvgIpc) is 2.71. The van der Waals surface area contributed by atoms with Gasteiger partial charge in [0.2, 0.25) is 0 Å². The molecule has 4 aliphatic rings. The molecule has 3 heteroatoms. The fourth-order valence-electron chi connectivity index (χ4n) is 6.88. The van der Waals surface area contributed by atoms with Crippen LogP contribution >= 0.6 is 0 Å². The molecule has 8 atom stereocenters. The molecular formula is C19H30O3. The predicted octanol–water partition coefficient (Wildman–Crippen LogP) is 2.93. The molecule has 4 aliphatic carbocycles. The van der Waals surface area contributed by atoms with Gasteiger partial charge in [-0.1, -0.05) is 6.92 Å². The summed E-state index contributed by atoms with van der Waals surface area (Å²) in [5.74, 6) is 3.15. The van der Waals surface area contributed by atoms with Gasteiger partial charge in [0.1, 0.15) is 6.10 Å². The lowest BCUT2D eigenvalue weighted by atomic mass is 9.49. The van der Waals surface area contributed by atoms with Gasteiger partial charge in [0.15, 0.2) is 5.78 Å². The number of hydrogen-bond acceptors (Lipinski definition) is 3. The highest BCUT2D eigenvalue weighted by Gasteiger charge is 2.61. The molecular weight excluding hydrogens is 276 g/mol. The van der Waals surface area contributed by atoms with Gasteiger partial charge in [0.25, 0.3) is 0 Å². The van der Waals surface area contributed by atoms with Crippen molar-refractivity contribution in [2.24, 2.45) is 35.0 Å². The average molecular weight is 306 g/mol. The van der Waals surface area contributed by atoms with Crippen LogP contribution in [0.2, 0.25) is 0 Å². The van der Waals surface area contributed by atoms with Gasteiger partial charge in [-0.05, 0) is 86.9 Å². The smallest absolute Gasteiger partial charge is 0.161 e. The Balaban J connectivity index is 1.60. The molecule has 0 amide bonds. The molecule has 0 saturated heterocycles. The zero-order valence-electron chi connectivity index (χ0n) is 13.9. The fraction of sp³-hybridized carbons (Fsp3) is 0.947. The molecule has 22 heavy (non-hydrogen) atoms. The molecule has 0 heterocycles. The highest BCUT2D eigenvalue weighted by molar-refractivity contribution is 5.83. The minimum atomic E-state index is -0.708. The Labute approximate surface area is 133 Å². The molecule has 0 aliphatic heterocycles. The van der Waals surface area contributed by atoms with Crippen molar-refractivity contribution in [2.45, 2.75) is 76.9 Å². The summed E-state index contributed by atoms with van der Waals surface area (Å²) in [6.07, 6.45) is 7.36. The van der Waals surface area contributed by atoms with Crippen LogP contribution in [0.4, 0.5) is 0 Å². The van der Waals surface area contributed by atoms with Crippen molar-refractivity contribution in [3.63, 3.8) is 0 Å². The zero-order valence-corrected chi connectivity index (χ0v) is 13.9. The minimum absolute atomic E-state index is 0.0733. The van der Waals surface area contributed by atoms with Crippen LogP contribution < -0.4 is 0 Å². The van der Waals surface area contributed by atoms with E-state index in [1.165, 1.54) is 12.8 Å². The number of hydrogen-bond donors (Lipinski definition) is 2. The lowest BCUT2D eigenvalue weighted by molar-refractivity contribution is -0.145. The summed E-state index contributed by atoms with van der Waals surface area (Å²) in [6.45, 7) is 4.36. The second kappa shape index (κ2) is 4.80. The summed E-state index contributed by atoms with van der Waals surface area (Å²) in [4.78, 5) is 11.8. The van der Waals surface area contributed by atoms with Crippen molar-refractivity contribution in [1.82, 2.24) is 0 Å². The molecule has 0 bridgehead atoms. The summed E-state index contributed by atoms with van der Waals surface area (Å²) in [7, 11) is 0. The maximum Gasteiger partial charge on any atom is 0.161 e. The number of rotatable bonds is 0. The molecule has 4 fully saturated rings. The first-order chi connectivity index (χ1) is 10.3. The van der Waals surface area contributed by atoms with E-state index in [2.05, 4.69) is 6.92 Å². The zero-order chi connectivity index (χ0) is 15.7. The van der Waals surface area contributed by atoms with Crippen molar-refractivity contribution in [2.75, 3.05) is 0 Å². The van der Waals surface area contributed by atoms with Crippen LogP contribution in [-0.2, 0) is 4.79 Å². The molecule has 6 unspecified atom stereocenters. The van der Waals surface area contributed by atoms with Crippen molar-refractivity contribution >= 4 is 5.78 Å². The first kappa shape index (κ1) is 15.1. The molecule has 0 radical (unpaired) electrons. The quantitative estimate of drug-likeness (QED) is 0.723. The largest absolute Gasteiger partial charge is 0.390 e. The minimum Gasteiger partial charge on any atom is -0.390 e. The third-order valence-electron chi connectivity index (χ3n) is 8.41. The first-order valence-electron chi connectivity index (χ1n) is 9.27. The van der Waals surface area contributed by atoms with E-state index >= 15 is 0 Å². The predicted molar refractivity (Wildman–Crippen MR) is 84.1 cm³/mol. The van der Waals surface area contributed by atoms with Gasteiger partial charge < -0.3 is 10.2 Å². The van der Waals surface area contributed by atoms with E-state index < -0.39 is 11.7 Å². The number of carbonyl (C=O) groups excluding carboxylic acids is 1. The molecule has 4 rings (SSSR count). The van der Waals surface area contributed by atoms with Crippen molar-refractivity contribution in [1.29, 1.82) is 0 Å². The van der Waals surface area contributed by atoms with E-state index in [1.54, 1.807) is 0 Å². The van der Waals surface area contributed by atoms with Crippen molar-refractivity contribution in [3.8, 4) is 0 Å². The van der Waals surface area contributed by atoms with E-state index in [-0.39, 0.29) is 11.2 Å². The number of fused-ring (bicyclic) bond motifs is 5. The van der Waals surface area contributed by atoms with Crippen molar-refractivity contribution < 1.29 is 15.0 Å². The second-order valence-corrected chi connectivity index (χ2v) is 9.13. The molecule has 0 aromatic carbocycles. The van der Waals surface area contributed by atoms with Gasteiger partial charge in [-0.25, -0.2) is 0 Å². The Kier molecular flexibility index (Phi) is 3.30. The van der Waals surface area contributed by atoms with E-state index in [1.807, 2.05) is 6.92 Å². The van der Waals surface area contributed by atoms with E-state index in [4.69, 9.17) is 0 Å². The number of aliphatic hydroxyl groups excluding tert-OH is 1. The van der Waals surface area contributed by atoms with Gasteiger partial charge in [0.05, 0.1) is 5.60 Å². The Hall–Kier alpha value is -0.410. The maximum absolute atomic E-state index is 11.8. The van der Waals surface area contributed by atoms with Crippen LogP contribution in [0.15, 0.2) is 0 Å². The molecule has 0 aromatic heterocycles. The second-order valence-electron chi connectivity index (χ2n) is 9.13. The molecule has 2 N–H and O–H groups in total. The summed E-state index contributed by atoms with van der Waals surface area (Å²) < 4.78 is 0. The fourth-order valence-corrected chi connectivity index (χ4v) is 6.88. The molecule has 3 nitrogen and oxygen atoms in total. The van der Waals surface area contributed by atoms with Gasteiger partial charge in [-0.15, -0.1) is 0 Å². The normalized spacial score (nSPS) is 57.9. The third kappa shape index (κ3) is 1.91. The van der Waals surface area contributed by atoms with Crippen LogP contribution in [0, 0.1) is 35.0 Å². The summed E-state index contributed by atoms with van der Waals surface area (Å²) in [5, 5.41) is 20.9. The lowest BCUT2D eigenvalue weighted by Crippen LogP contribution is -2.53. The van der Waals surface area contributed by atoms with E-state index in [0.29, 0.717) is 42.4 Å². The Morgan fingerprint density at radius 3 is 2.55 bits per heavy atom. The highest BCUT2D eigenvalue weighted by Crippen LogP contribution is 2.65. The van der Waals surface area contributed by atoms with Gasteiger partial charge >= 0.3 is 0 Å². The Bertz CT molecular complexity index is 485. The molecule has 4 saturated carbocycles. The van der Waals surface area contributed by atoms with Crippen LogP contribution in [0.25, 0.3) is 0 Å². The SMILES string of the molecule is CC12CCC3C(CC[C@H]4CC(=O)C(O)CC34)C1CC[C@]2(C)O. The first-order valence-corrected chi connectivity index (χ1v) is 9.27. The summed E-state index contributed by atoms with van der Waals surface area (Å²) >= 11 is 0. The Morgan fingerprint density at radius 1 is 1.00 bits per heavy atom. The van der Waals surface area contributed by atoms with E-state index in [0.717, 1.165) is 25.7 Å². The van der Waals surface area contributed by atoms with Crippen LogP contribution in [-0.4, -0.2) is 27.7 Å². The van der Waals surface area contributed by atoms with Gasteiger partial charge in [-0.3, -0.25) is 4.79 Å². The third-order valence-corrected chi connectivity index (χ3v) is 8.41. The summed E-state index contributed by atoms with van der Waals surface area (Å²) in [5.41, 5.74) is -0.439. The van der Waals surface area contributed by atoms with Gasteiger partial charge in [0, 0.05) is 6.42 Å². The number of aliphatic hydroxyl groups is 2. The highest BCUT2D eigenvalue weighted by atomic mass is 16.3.